The van der Waals surface area contributed by atoms with Crippen molar-refractivity contribution in [3.05, 3.63) is 127 Å². The third kappa shape index (κ3) is 3.41. The van der Waals surface area contributed by atoms with Crippen molar-refractivity contribution in [1.82, 2.24) is 0 Å². The van der Waals surface area contributed by atoms with Gasteiger partial charge in [0.15, 0.2) is 0 Å². The normalized spacial score (nSPS) is 17.0. The molecule has 3 heteroatoms. The summed E-state index contributed by atoms with van der Waals surface area (Å²) < 4.78 is 2.25. The fourth-order valence-electron chi connectivity index (χ4n) is 8.55. The quantitative estimate of drug-likeness (QED) is 0.169. The second-order valence-electron chi connectivity index (χ2n) is 14.0. The molecule has 0 heterocycles. The average Bonchev–Trinajstić information content (AvgIpc) is 3.45. The minimum atomic E-state index is -0.210. The molecule has 0 aromatic heterocycles. The molecule has 0 spiro atoms. The van der Waals surface area contributed by atoms with E-state index in [9.17, 15) is 4.79 Å². The predicted octanol–water partition coefficient (Wildman–Crippen LogP) is 11.6. The molecular formula is C40H32Br2O. The van der Waals surface area contributed by atoms with E-state index in [0.717, 1.165) is 20.8 Å². The van der Waals surface area contributed by atoms with Gasteiger partial charge in [-0.2, -0.15) is 0 Å². The van der Waals surface area contributed by atoms with Crippen LogP contribution in [0, 0.1) is 0 Å². The lowest BCUT2D eigenvalue weighted by Crippen LogP contribution is -2.22. The van der Waals surface area contributed by atoms with Crippen molar-refractivity contribution in [3.63, 3.8) is 0 Å². The number of halogens is 2. The van der Waals surface area contributed by atoms with Crippen LogP contribution in [-0.4, -0.2) is 6.29 Å². The van der Waals surface area contributed by atoms with Gasteiger partial charge in [-0.15, -0.1) is 0 Å². The van der Waals surface area contributed by atoms with Gasteiger partial charge in [-0.3, -0.25) is 4.79 Å². The summed E-state index contributed by atoms with van der Waals surface area (Å²) in [5.41, 5.74) is 19.3. The van der Waals surface area contributed by atoms with Crippen molar-refractivity contribution in [2.45, 2.75) is 57.8 Å². The number of fused-ring (bicyclic) bond motifs is 12. The summed E-state index contributed by atoms with van der Waals surface area (Å²) in [4.78, 5) is 11.3. The van der Waals surface area contributed by atoms with Crippen molar-refractivity contribution in [3.8, 4) is 44.5 Å². The van der Waals surface area contributed by atoms with Gasteiger partial charge in [-0.25, -0.2) is 0 Å². The van der Waals surface area contributed by atoms with E-state index in [1.807, 2.05) is 12.1 Å². The van der Waals surface area contributed by atoms with Crippen LogP contribution in [0.5, 0.6) is 0 Å². The molecule has 0 amide bonds. The molecule has 212 valence electrons. The van der Waals surface area contributed by atoms with Crippen LogP contribution in [-0.2, 0) is 16.2 Å². The van der Waals surface area contributed by atoms with Crippen LogP contribution in [0.25, 0.3) is 44.5 Å². The lowest BCUT2D eigenvalue weighted by Gasteiger charge is -2.31. The molecule has 0 saturated heterocycles. The first-order valence-corrected chi connectivity index (χ1v) is 16.5. The molecule has 5 aromatic carbocycles. The van der Waals surface area contributed by atoms with E-state index in [1.54, 1.807) is 0 Å². The molecular weight excluding hydrogens is 656 g/mol. The number of carbonyl (C=O) groups excluding carboxylic acids is 1. The Bertz CT molecular complexity index is 2070. The molecule has 43 heavy (non-hydrogen) atoms. The monoisotopic (exact) mass is 686 g/mol. The molecule has 1 nitrogen and oxygen atoms in total. The van der Waals surface area contributed by atoms with E-state index in [2.05, 4.69) is 140 Å². The number of carbonyl (C=O) groups is 1. The number of rotatable bonds is 2. The van der Waals surface area contributed by atoms with Crippen LogP contribution in [0.1, 0.15) is 85.3 Å². The molecule has 8 rings (SSSR count). The van der Waals surface area contributed by atoms with Crippen molar-refractivity contribution in [2.75, 3.05) is 0 Å². The minimum Gasteiger partial charge on any atom is -0.298 e. The minimum absolute atomic E-state index is 0.158. The summed E-state index contributed by atoms with van der Waals surface area (Å²) in [5, 5.41) is 0. The van der Waals surface area contributed by atoms with Crippen LogP contribution < -0.4 is 0 Å². The first-order chi connectivity index (χ1) is 20.4. The van der Waals surface area contributed by atoms with Crippen LogP contribution in [0.3, 0.4) is 0 Å². The van der Waals surface area contributed by atoms with E-state index < -0.39 is 0 Å². The first-order valence-electron chi connectivity index (χ1n) is 14.9. The SMILES string of the molecule is CC1(C)c2cc(Br)ccc2-c2c1c1c(c3c2C(C)(C)c2cc(-c4ccc(C=O)cc4)ccc2-3)C(C)(C)c2cc(Br)ccc2-1. The smallest absolute Gasteiger partial charge is 0.150 e. The van der Waals surface area contributed by atoms with E-state index >= 15 is 0 Å². The molecule has 0 bridgehead atoms. The van der Waals surface area contributed by atoms with Gasteiger partial charge in [-0.1, -0.05) is 122 Å². The van der Waals surface area contributed by atoms with Gasteiger partial charge < -0.3 is 0 Å². The first kappa shape index (κ1) is 27.3. The summed E-state index contributed by atoms with van der Waals surface area (Å²) in [6.45, 7) is 14.5. The van der Waals surface area contributed by atoms with Gasteiger partial charge in [0.05, 0.1) is 0 Å². The Hall–Kier alpha value is -3.27. The number of benzene rings is 5. The highest BCUT2D eigenvalue weighted by molar-refractivity contribution is 9.10. The third-order valence-electron chi connectivity index (χ3n) is 10.6. The van der Waals surface area contributed by atoms with Crippen molar-refractivity contribution < 1.29 is 4.79 Å². The Labute approximate surface area is 270 Å². The molecule has 0 aliphatic heterocycles. The van der Waals surface area contributed by atoms with Gasteiger partial charge in [0.25, 0.3) is 0 Å². The van der Waals surface area contributed by atoms with Gasteiger partial charge in [-0.05, 0) is 108 Å². The maximum absolute atomic E-state index is 11.3. The third-order valence-corrected chi connectivity index (χ3v) is 11.6. The van der Waals surface area contributed by atoms with E-state index in [4.69, 9.17) is 0 Å². The Morgan fingerprint density at radius 1 is 0.488 bits per heavy atom. The molecule has 0 unspecified atom stereocenters. The largest absolute Gasteiger partial charge is 0.298 e. The second-order valence-corrected chi connectivity index (χ2v) is 15.8. The molecule has 0 saturated carbocycles. The lowest BCUT2D eigenvalue weighted by atomic mass is 9.71. The standard InChI is InChI=1S/C40H32Br2O/c1-38(2)29-17-23(22-9-7-21(20-43)8-10-22)11-14-26(29)32-35(38)33-27-15-12-24(41)18-30(27)40(5,6)37(33)34-28-16-13-25(42)19-31(28)39(3,4)36(32)34/h7-20H,1-6H3. The maximum Gasteiger partial charge on any atom is 0.150 e. The summed E-state index contributed by atoms with van der Waals surface area (Å²) in [7, 11) is 0. The zero-order valence-corrected chi connectivity index (χ0v) is 28.4. The van der Waals surface area contributed by atoms with Crippen LogP contribution >= 0.6 is 31.9 Å². The summed E-state index contributed by atoms with van der Waals surface area (Å²) in [6, 6.07) is 28.7. The number of hydrogen-bond acceptors (Lipinski definition) is 1. The molecule has 3 aliphatic rings. The fourth-order valence-corrected chi connectivity index (χ4v) is 9.28. The molecule has 0 fully saturated rings. The van der Waals surface area contributed by atoms with Crippen LogP contribution in [0.15, 0.2) is 87.8 Å². The van der Waals surface area contributed by atoms with E-state index in [-0.39, 0.29) is 16.2 Å². The highest BCUT2D eigenvalue weighted by Gasteiger charge is 2.52. The van der Waals surface area contributed by atoms with Crippen LogP contribution in [0.4, 0.5) is 0 Å². The van der Waals surface area contributed by atoms with Gasteiger partial charge in [0.1, 0.15) is 6.29 Å². The Balaban J connectivity index is 1.51. The highest BCUT2D eigenvalue weighted by Crippen LogP contribution is 2.67. The maximum atomic E-state index is 11.3. The topological polar surface area (TPSA) is 17.1 Å². The van der Waals surface area contributed by atoms with Gasteiger partial charge in [0, 0.05) is 30.8 Å². The summed E-state index contributed by atoms with van der Waals surface area (Å²) in [6.07, 6.45) is 0.906. The van der Waals surface area contributed by atoms with E-state index in [1.165, 1.54) is 72.3 Å². The van der Waals surface area contributed by atoms with Gasteiger partial charge in [0.2, 0.25) is 0 Å². The highest BCUT2D eigenvalue weighted by atomic mass is 79.9. The number of hydrogen-bond donors (Lipinski definition) is 0. The Morgan fingerprint density at radius 2 is 0.860 bits per heavy atom. The second kappa shape index (κ2) is 8.67. The summed E-state index contributed by atoms with van der Waals surface area (Å²) >= 11 is 7.60. The summed E-state index contributed by atoms with van der Waals surface area (Å²) in [5.74, 6) is 0. The van der Waals surface area contributed by atoms with Crippen LogP contribution in [0.2, 0.25) is 0 Å². The molecule has 0 N–H and O–H groups in total. The Morgan fingerprint density at radius 3 is 1.28 bits per heavy atom. The molecule has 0 radical (unpaired) electrons. The number of aldehydes is 1. The Kier molecular flexibility index (Phi) is 5.50. The van der Waals surface area contributed by atoms with E-state index in [0.29, 0.717) is 5.56 Å². The van der Waals surface area contributed by atoms with Crippen molar-refractivity contribution in [2.24, 2.45) is 0 Å². The van der Waals surface area contributed by atoms with Crippen molar-refractivity contribution >= 4 is 38.1 Å². The molecule has 5 aromatic rings. The zero-order chi connectivity index (χ0) is 30.2. The fraction of sp³-hybridized carbons (Fsp3) is 0.225. The molecule has 0 atom stereocenters. The average molecular weight is 689 g/mol. The predicted molar refractivity (Wildman–Crippen MR) is 185 cm³/mol. The lowest BCUT2D eigenvalue weighted by molar-refractivity contribution is 0.112. The molecule has 3 aliphatic carbocycles. The van der Waals surface area contributed by atoms with Crippen molar-refractivity contribution in [1.29, 1.82) is 0 Å². The van der Waals surface area contributed by atoms with Gasteiger partial charge >= 0.3 is 0 Å². The zero-order valence-electron chi connectivity index (χ0n) is 25.2.